The highest BCUT2D eigenvalue weighted by Crippen LogP contribution is 2.26. The first kappa shape index (κ1) is 13.7. The number of nitrogens with two attached hydrogens (primary N) is 2. The molecule has 0 amide bonds. The van der Waals surface area contributed by atoms with Gasteiger partial charge in [0.15, 0.2) is 0 Å². The molecule has 1 aromatic carbocycles. The number of alkyl halides is 2. The molecule has 7 heteroatoms. The van der Waals surface area contributed by atoms with Crippen LogP contribution >= 0.6 is 11.6 Å². The van der Waals surface area contributed by atoms with Crippen LogP contribution in [0.4, 0.5) is 18.9 Å². The van der Waals surface area contributed by atoms with E-state index in [-0.39, 0.29) is 16.3 Å². The quantitative estimate of drug-likeness (QED) is 0.652. The van der Waals surface area contributed by atoms with E-state index in [0.717, 1.165) is 11.2 Å². The highest BCUT2D eigenvalue weighted by molar-refractivity contribution is 6.30. The van der Waals surface area contributed by atoms with Gasteiger partial charge in [-0.05, 0) is 19.1 Å². The Kier molecular flexibility index (Phi) is 4.25. The maximum atomic E-state index is 13.4. The van der Waals surface area contributed by atoms with Crippen molar-refractivity contribution in [2.75, 3.05) is 5.01 Å². The summed E-state index contributed by atoms with van der Waals surface area (Å²) < 4.78 is 37.8. The minimum Gasteiger partial charge on any atom is -0.396 e. The van der Waals surface area contributed by atoms with Crippen molar-refractivity contribution in [3.63, 3.8) is 0 Å². The summed E-state index contributed by atoms with van der Waals surface area (Å²) in [5.41, 5.74) is 4.69. The minimum atomic E-state index is -2.82. The second-order valence-corrected chi connectivity index (χ2v) is 3.75. The number of anilines is 1. The number of hydrazine groups is 1. The van der Waals surface area contributed by atoms with E-state index in [1.54, 1.807) is 0 Å². The number of nitrogens with zero attached hydrogens (tertiary/aromatic N) is 1. The standard InChI is InChI=1S/C10H11ClF3N3/c1-5-8(3-2-6(11)9(5)12)17(16)4-7(15)10(13)14/h2-4,10H,15-16H2,1H3/b7-4-. The third-order valence-electron chi connectivity index (χ3n) is 2.13. The lowest BCUT2D eigenvalue weighted by molar-refractivity contribution is 0.187. The van der Waals surface area contributed by atoms with Crippen LogP contribution in [0, 0.1) is 12.7 Å². The lowest BCUT2D eigenvalue weighted by Gasteiger charge is -2.18. The van der Waals surface area contributed by atoms with Gasteiger partial charge >= 0.3 is 0 Å². The van der Waals surface area contributed by atoms with Crippen molar-refractivity contribution in [3.05, 3.63) is 40.4 Å². The predicted molar refractivity (Wildman–Crippen MR) is 61.1 cm³/mol. The normalized spacial score (nSPS) is 12.1. The second kappa shape index (κ2) is 5.29. The van der Waals surface area contributed by atoms with E-state index in [2.05, 4.69) is 0 Å². The van der Waals surface area contributed by atoms with Gasteiger partial charge in [-0.25, -0.2) is 19.0 Å². The number of hydrogen-bond donors (Lipinski definition) is 2. The summed E-state index contributed by atoms with van der Waals surface area (Å²) in [5, 5.41) is 0.765. The monoisotopic (exact) mass is 265 g/mol. The fraction of sp³-hybridized carbons (Fsp3) is 0.200. The smallest absolute Gasteiger partial charge is 0.279 e. The number of hydrogen-bond acceptors (Lipinski definition) is 3. The highest BCUT2D eigenvalue weighted by Gasteiger charge is 2.13. The van der Waals surface area contributed by atoms with E-state index in [1.165, 1.54) is 19.1 Å². The summed E-state index contributed by atoms with van der Waals surface area (Å²) in [6.45, 7) is 1.43. The van der Waals surface area contributed by atoms with Crippen molar-refractivity contribution in [1.29, 1.82) is 0 Å². The Morgan fingerprint density at radius 1 is 1.47 bits per heavy atom. The van der Waals surface area contributed by atoms with Crippen molar-refractivity contribution in [3.8, 4) is 0 Å². The minimum absolute atomic E-state index is 0.0644. The summed E-state index contributed by atoms with van der Waals surface area (Å²) in [6, 6.07) is 2.70. The molecule has 3 nitrogen and oxygen atoms in total. The van der Waals surface area contributed by atoms with Gasteiger partial charge in [-0.2, -0.15) is 0 Å². The van der Waals surface area contributed by atoms with Gasteiger partial charge in [0.25, 0.3) is 6.43 Å². The van der Waals surface area contributed by atoms with Crippen LogP contribution in [0.5, 0.6) is 0 Å². The van der Waals surface area contributed by atoms with Gasteiger partial charge in [-0.3, -0.25) is 5.01 Å². The summed E-state index contributed by atoms with van der Waals surface area (Å²) in [6.07, 6.45) is -1.99. The maximum absolute atomic E-state index is 13.4. The van der Waals surface area contributed by atoms with Gasteiger partial charge < -0.3 is 5.73 Å². The topological polar surface area (TPSA) is 55.3 Å². The van der Waals surface area contributed by atoms with Crippen molar-refractivity contribution < 1.29 is 13.2 Å². The van der Waals surface area contributed by atoms with Gasteiger partial charge in [0.2, 0.25) is 0 Å². The zero-order chi connectivity index (χ0) is 13.2. The van der Waals surface area contributed by atoms with Crippen LogP contribution in [-0.4, -0.2) is 6.43 Å². The number of allylic oxidation sites excluding steroid dienone is 1. The summed E-state index contributed by atoms with van der Waals surface area (Å²) >= 11 is 5.55. The highest BCUT2D eigenvalue weighted by atomic mass is 35.5. The van der Waals surface area contributed by atoms with Crippen LogP contribution in [0.15, 0.2) is 24.0 Å². The molecule has 0 atom stereocenters. The lowest BCUT2D eigenvalue weighted by Crippen LogP contribution is -2.28. The second-order valence-electron chi connectivity index (χ2n) is 3.34. The zero-order valence-electron chi connectivity index (χ0n) is 8.92. The molecule has 0 saturated carbocycles. The maximum Gasteiger partial charge on any atom is 0.279 e. The van der Waals surface area contributed by atoms with Gasteiger partial charge in [0, 0.05) is 11.8 Å². The molecule has 0 heterocycles. The first-order chi connectivity index (χ1) is 7.84. The largest absolute Gasteiger partial charge is 0.396 e. The number of rotatable bonds is 3. The van der Waals surface area contributed by atoms with E-state index in [4.69, 9.17) is 23.2 Å². The van der Waals surface area contributed by atoms with Gasteiger partial charge in [0.1, 0.15) is 5.82 Å². The van der Waals surface area contributed by atoms with Crippen LogP contribution in [-0.2, 0) is 0 Å². The van der Waals surface area contributed by atoms with Gasteiger partial charge in [-0.1, -0.05) is 11.6 Å². The summed E-state index contributed by atoms with van der Waals surface area (Å²) in [5.74, 6) is 4.84. The molecule has 17 heavy (non-hydrogen) atoms. The molecule has 0 unspecified atom stereocenters. The third-order valence-corrected chi connectivity index (χ3v) is 2.42. The molecule has 0 aliphatic heterocycles. The SMILES string of the molecule is Cc1c(N(N)/C=C(\N)C(F)F)ccc(Cl)c1F. The molecule has 0 aliphatic carbocycles. The third kappa shape index (κ3) is 3.04. The molecule has 94 valence electrons. The fourth-order valence-electron chi connectivity index (χ4n) is 1.21. The first-order valence-electron chi connectivity index (χ1n) is 4.58. The Morgan fingerprint density at radius 3 is 2.59 bits per heavy atom. The van der Waals surface area contributed by atoms with Crippen molar-refractivity contribution in [2.24, 2.45) is 11.6 Å². The Morgan fingerprint density at radius 2 is 2.06 bits per heavy atom. The van der Waals surface area contributed by atoms with Crippen LogP contribution in [0.25, 0.3) is 0 Å². The lowest BCUT2D eigenvalue weighted by atomic mass is 10.2. The molecular formula is C10H11ClF3N3. The van der Waals surface area contributed by atoms with Gasteiger partial charge in [0.05, 0.1) is 16.4 Å². The average Bonchev–Trinajstić information content (AvgIpc) is 2.25. The first-order valence-corrected chi connectivity index (χ1v) is 4.96. The van der Waals surface area contributed by atoms with Crippen molar-refractivity contribution >= 4 is 17.3 Å². The molecule has 1 rings (SSSR count). The number of benzene rings is 1. The fourth-order valence-corrected chi connectivity index (χ4v) is 1.41. The Balaban J connectivity index is 3.10. The molecule has 0 aliphatic rings. The van der Waals surface area contributed by atoms with E-state index in [0.29, 0.717) is 0 Å². The Labute approximate surface area is 101 Å². The van der Waals surface area contributed by atoms with Crippen LogP contribution in [0.3, 0.4) is 0 Å². The van der Waals surface area contributed by atoms with E-state index in [1.807, 2.05) is 0 Å². The molecule has 0 bridgehead atoms. The molecular weight excluding hydrogens is 255 g/mol. The molecule has 0 aromatic heterocycles. The predicted octanol–water partition coefficient (Wildman–Crippen LogP) is 2.53. The summed E-state index contributed by atoms with van der Waals surface area (Å²) in [4.78, 5) is 0. The van der Waals surface area contributed by atoms with Crippen LogP contribution in [0.1, 0.15) is 5.56 Å². The van der Waals surface area contributed by atoms with Gasteiger partial charge in [-0.15, -0.1) is 0 Å². The average molecular weight is 266 g/mol. The zero-order valence-corrected chi connectivity index (χ0v) is 9.68. The Bertz CT molecular complexity index is 449. The van der Waals surface area contributed by atoms with E-state index in [9.17, 15) is 13.2 Å². The summed E-state index contributed by atoms with van der Waals surface area (Å²) in [7, 11) is 0. The molecule has 0 radical (unpaired) electrons. The van der Waals surface area contributed by atoms with Crippen molar-refractivity contribution in [1.82, 2.24) is 0 Å². The van der Waals surface area contributed by atoms with E-state index < -0.39 is 17.9 Å². The van der Waals surface area contributed by atoms with Crippen LogP contribution in [0.2, 0.25) is 5.02 Å². The van der Waals surface area contributed by atoms with Crippen LogP contribution < -0.4 is 16.6 Å². The van der Waals surface area contributed by atoms with Crippen molar-refractivity contribution in [2.45, 2.75) is 13.3 Å². The molecule has 0 spiro atoms. The Hall–Kier alpha value is -1.40. The number of halogens is 4. The molecule has 0 saturated heterocycles. The molecule has 1 aromatic rings. The van der Waals surface area contributed by atoms with E-state index >= 15 is 0 Å². The molecule has 4 N–H and O–H groups in total. The molecule has 0 fully saturated rings.